The largest absolute Gasteiger partial charge is 0.295 e. The minimum absolute atomic E-state index is 0.134. The Balaban J connectivity index is 1.86. The number of aryl methyl sites for hydroxylation is 1. The van der Waals surface area contributed by atoms with Crippen molar-refractivity contribution in [2.75, 3.05) is 0 Å². The average molecular weight is 360 g/mol. The fourth-order valence-corrected chi connectivity index (χ4v) is 3.36. The van der Waals surface area contributed by atoms with Gasteiger partial charge in [0, 0.05) is 7.05 Å². The van der Waals surface area contributed by atoms with Crippen LogP contribution in [0, 0.1) is 5.82 Å². The van der Waals surface area contributed by atoms with Crippen LogP contribution in [-0.4, -0.2) is 28.9 Å². The lowest BCUT2D eigenvalue weighted by atomic mass is 10.2. The molecule has 0 N–H and O–H groups in total. The number of fused-ring (bicyclic) bond motifs is 3. The Labute approximate surface area is 151 Å². The fraction of sp³-hybridized carbons (Fsp3) is 0.0526. The van der Waals surface area contributed by atoms with Gasteiger partial charge in [0.25, 0.3) is 5.56 Å². The molecule has 7 nitrogen and oxygen atoms in total. The summed E-state index contributed by atoms with van der Waals surface area (Å²) >= 11 is 0. The van der Waals surface area contributed by atoms with E-state index in [2.05, 4.69) is 15.3 Å². The Morgan fingerprint density at radius 1 is 1.04 bits per heavy atom. The number of imidazole rings is 1. The van der Waals surface area contributed by atoms with E-state index in [1.165, 1.54) is 21.5 Å². The third-order valence-corrected chi connectivity index (χ3v) is 4.63. The molecule has 0 aliphatic rings. The van der Waals surface area contributed by atoms with Gasteiger partial charge < -0.3 is 0 Å². The van der Waals surface area contributed by atoms with Crippen molar-refractivity contribution in [3.63, 3.8) is 0 Å². The topological polar surface area (TPSA) is 70.0 Å². The number of nitrogens with zero attached hydrogens (tertiary/aromatic N) is 6. The molecule has 3 heterocycles. The van der Waals surface area contributed by atoms with E-state index in [1.54, 1.807) is 37.6 Å². The van der Waals surface area contributed by atoms with Gasteiger partial charge in [0.05, 0.1) is 17.1 Å². The molecule has 8 heteroatoms. The van der Waals surface area contributed by atoms with Crippen molar-refractivity contribution in [2.24, 2.45) is 7.05 Å². The molecule has 3 aromatic heterocycles. The van der Waals surface area contributed by atoms with Gasteiger partial charge in [-0.15, -0.1) is 5.10 Å². The van der Waals surface area contributed by atoms with E-state index < -0.39 is 5.82 Å². The van der Waals surface area contributed by atoms with Crippen molar-refractivity contribution >= 4 is 16.6 Å². The third-order valence-electron chi connectivity index (χ3n) is 4.63. The van der Waals surface area contributed by atoms with Gasteiger partial charge in [-0.3, -0.25) is 13.8 Å². The highest BCUT2D eigenvalue weighted by Crippen LogP contribution is 2.26. The van der Waals surface area contributed by atoms with Gasteiger partial charge in [-0.05, 0) is 24.3 Å². The second kappa shape index (κ2) is 5.60. The first kappa shape index (κ1) is 15.4. The lowest BCUT2D eigenvalue weighted by Gasteiger charge is -2.09. The van der Waals surface area contributed by atoms with Crippen molar-refractivity contribution in [3.05, 3.63) is 77.2 Å². The molecule has 5 aromatic rings. The highest BCUT2D eigenvalue weighted by Gasteiger charge is 2.20. The molecule has 0 atom stereocenters. The summed E-state index contributed by atoms with van der Waals surface area (Å²) in [5, 5.41) is 8.54. The van der Waals surface area contributed by atoms with Gasteiger partial charge in [0.1, 0.15) is 34.9 Å². The SMILES string of the molecule is Cn1c(=O)c2ccccc2n2cnc(-c3cnnn3-c3ccccc3F)c12. The van der Waals surface area contributed by atoms with Crippen molar-refractivity contribution in [1.29, 1.82) is 0 Å². The zero-order valence-corrected chi connectivity index (χ0v) is 14.2. The second-order valence-corrected chi connectivity index (χ2v) is 6.15. The fourth-order valence-electron chi connectivity index (χ4n) is 3.36. The average Bonchev–Trinajstić information content (AvgIpc) is 3.33. The van der Waals surface area contributed by atoms with Crippen LogP contribution in [0.2, 0.25) is 0 Å². The molecule has 0 bridgehead atoms. The Kier molecular flexibility index (Phi) is 3.20. The summed E-state index contributed by atoms with van der Waals surface area (Å²) < 4.78 is 19.0. The van der Waals surface area contributed by atoms with Crippen LogP contribution in [0.4, 0.5) is 4.39 Å². The quantitative estimate of drug-likeness (QED) is 0.485. The predicted molar refractivity (Wildman–Crippen MR) is 98.3 cm³/mol. The summed E-state index contributed by atoms with van der Waals surface area (Å²) in [4.78, 5) is 17.3. The van der Waals surface area contributed by atoms with Gasteiger partial charge in [0.15, 0.2) is 0 Å². The monoisotopic (exact) mass is 360 g/mol. The van der Waals surface area contributed by atoms with Crippen molar-refractivity contribution in [2.45, 2.75) is 0 Å². The summed E-state index contributed by atoms with van der Waals surface area (Å²) in [7, 11) is 1.69. The molecule has 2 aromatic carbocycles. The van der Waals surface area contributed by atoms with E-state index in [1.807, 2.05) is 22.6 Å². The van der Waals surface area contributed by atoms with Crippen molar-refractivity contribution in [1.82, 2.24) is 28.9 Å². The number of hydrogen-bond donors (Lipinski definition) is 0. The molecule has 0 spiro atoms. The number of halogens is 1. The van der Waals surface area contributed by atoms with Crippen LogP contribution in [0.1, 0.15) is 0 Å². The maximum atomic E-state index is 14.3. The van der Waals surface area contributed by atoms with E-state index in [0.717, 1.165) is 5.52 Å². The summed E-state index contributed by atoms with van der Waals surface area (Å²) in [6.07, 6.45) is 3.15. The van der Waals surface area contributed by atoms with Crippen LogP contribution >= 0.6 is 0 Å². The first-order valence-corrected chi connectivity index (χ1v) is 8.27. The smallest absolute Gasteiger partial charge is 0.261 e. The van der Waals surface area contributed by atoms with Gasteiger partial charge >= 0.3 is 0 Å². The first-order valence-electron chi connectivity index (χ1n) is 8.27. The zero-order valence-electron chi connectivity index (χ0n) is 14.2. The van der Waals surface area contributed by atoms with E-state index in [-0.39, 0.29) is 11.2 Å². The molecule has 0 amide bonds. The molecule has 132 valence electrons. The number of benzene rings is 2. The molecule has 5 rings (SSSR count). The summed E-state index contributed by atoms with van der Waals surface area (Å²) in [6.45, 7) is 0. The van der Waals surface area contributed by atoms with Gasteiger partial charge in [-0.2, -0.15) is 0 Å². The second-order valence-electron chi connectivity index (χ2n) is 6.15. The highest BCUT2D eigenvalue weighted by atomic mass is 19.1. The lowest BCUT2D eigenvalue weighted by molar-refractivity contribution is 0.608. The zero-order chi connectivity index (χ0) is 18.5. The summed E-state index contributed by atoms with van der Waals surface area (Å²) in [6, 6.07) is 13.6. The van der Waals surface area contributed by atoms with E-state index in [9.17, 15) is 9.18 Å². The van der Waals surface area contributed by atoms with Crippen LogP contribution in [0.15, 0.2) is 65.8 Å². The van der Waals surface area contributed by atoms with E-state index >= 15 is 0 Å². The normalized spacial score (nSPS) is 11.5. The minimum Gasteiger partial charge on any atom is -0.295 e. The summed E-state index contributed by atoms with van der Waals surface area (Å²) in [5.74, 6) is -0.424. The van der Waals surface area contributed by atoms with Crippen LogP contribution < -0.4 is 5.56 Å². The molecule has 0 aliphatic heterocycles. The number of aromatic nitrogens is 6. The Hall–Kier alpha value is -3.81. The Morgan fingerprint density at radius 2 is 1.81 bits per heavy atom. The molecular formula is C19H13FN6O. The predicted octanol–water partition coefficient (Wildman–Crippen LogP) is 2.57. The molecule has 0 radical (unpaired) electrons. The van der Waals surface area contributed by atoms with Crippen molar-refractivity contribution < 1.29 is 4.39 Å². The molecule has 0 saturated heterocycles. The summed E-state index contributed by atoms with van der Waals surface area (Å²) in [5.41, 5.74) is 2.45. The van der Waals surface area contributed by atoms with E-state index in [4.69, 9.17) is 0 Å². The van der Waals surface area contributed by atoms with Crippen LogP contribution in [0.3, 0.4) is 0 Å². The molecule has 27 heavy (non-hydrogen) atoms. The molecule has 0 saturated carbocycles. The lowest BCUT2D eigenvalue weighted by Crippen LogP contribution is -2.19. The minimum atomic E-state index is -0.424. The van der Waals surface area contributed by atoms with Gasteiger partial charge in [-0.1, -0.05) is 29.5 Å². The number of para-hydroxylation sites is 2. The molecular weight excluding hydrogens is 347 g/mol. The number of hydrogen-bond acceptors (Lipinski definition) is 4. The molecule has 0 aliphatic carbocycles. The van der Waals surface area contributed by atoms with Crippen molar-refractivity contribution in [3.8, 4) is 17.1 Å². The van der Waals surface area contributed by atoms with Crippen LogP contribution in [0.5, 0.6) is 0 Å². The molecule has 0 unspecified atom stereocenters. The standard InChI is InChI=1S/C19H13FN6O/c1-24-18-17(16-10-22-23-26(16)15-9-5-3-7-13(15)20)21-11-25(18)14-8-4-2-6-12(14)19(24)27/h2-11H,1H3. The van der Waals surface area contributed by atoms with Gasteiger partial charge in [-0.25, -0.2) is 14.1 Å². The highest BCUT2D eigenvalue weighted by molar-refractivity contribution is 5.84. The number of rotatable bonds is 2. The van der Waals surface area contributed by atoms with Crippen LogP contribution in [-0.2, 0) is 7.05 Å². The maximum Gasteiger partial charge on any atom is 0.261 e. The van der Waals surface area contributed by atoms with E-state index in [0.29, 0.717) is 22.4 Å². The Bertz CT molecular complexity index is 1380. The van der Waals surface area contributed by atoms with Crippen LogP contribution in [0.25, 0.3) is 33.6 Å². The Morgan fingerprint density at radius 3 is 2.67 bits per heavy atom. The van der Waals surface area contributed by atoms with Gasteiger partial charge in [0.2, 0.25) is 0 Å². The first-order chi connectivity index (χ1) is 13.2. The molecule has 0 fully saturated rings. The maximum absolute atomic E-state index is 14.3. The third kappa shape index (κ3) is 2.13.